The second kappa shape index (κ2) is 10.7. The number of aromatic nitrogens is 2. The van der Waals surface area contributed by atoms with Crippen LogP contribution in [0.4, 0.5) is 4.39 Å². The molecule has 1 aliphatic rings. The Labute approximate surface area is 191 Å². The van der Waals surface area contributed by atoms with Gasteiger partial charge >= 0.3 is 0 Å². The van der Waals surface area contributed by atoms with Crippen LogP contribution in [0.25, 0.3) is 11.8 Å². The summed E-state index contributed by atoms with van der Waals surface area (Å²) in [5.74, 6) is -1.71. The molecule has 178 valence electrons. The Hall–Kier alpha value is -3.04. The maximum atomic E-state index is 13.5. The number of rotatable bonds is 11. The summed E-state index contributed by atoms with van der Waals surface area (Å²) in [6, 6.07) is 5.65. The summed E-state index contributed by atoms with van der Waals surface area (Å²) in [6.07, 6.45) is 2.01. The molecular formula is C24H29FN3O5-. The van der Waals surface area contributed by atoms with Crippen LogP contribution in [-0.4, -0.2) is 50.6 Å². The SMILES string of the molecule is CC(C)c1c(C(=O)NCC2CC2)nn(-c2ccc(F)cc2)c1/C=C/[C@@H](O)C[C@@H](O)CC(=O)[O-]. The number of hydrogen-bond acceptors (Lipinski definition) is 6. The summed E-state index contributed by atoms with van der Waals surface area (Å²) in [5, 5.41) is 38.1. The third-order valence-electron chi connectivity index (χ3n) is 5.46. The zero-order chi connectivity index (χ0) is 24.1. The molecule has 1 fully saturated rings. The smallest absolute Gasteiger partial charge is 0.272 e. The standard InChI is InChI=1S/C24H30FN3O5/c1-14(2)22-20(10-9-18(29)11-19(30)12-21(31)32)28(17-7-5-16(25)6-8-17)27-23(22)24(33)26-13-15-3-4-15/h5-10,14-15,18-19,29-30H,3-4,11-13H2,1-2H3,(H,26,33)(H,31,32)/p-1/b10-9+/t18-,19-/m1/s1. The van der Waals surface area contributed by atoms with Gasteiger partial charge in [0.25, 0.3) is 5.91 Å². The van der Waals surface area contributed by atoms with Crippen molar-refractivity contribution in [3.8, 4) is 5.69 Å². The number of nitrogens with zero attached hydrogens (tertiary/aromatic N) is 2. The Balaban J connectivity index is 1.96. The molecule has 2 atom stereocenters. The fourth-order valence-electron chi connectivity index (χ4n) is 3.60. The van der Waals surface area contributed by atoms with Crippen LogP contribution in [0.2, 0.25) is 0 Å². The molecule has 3 N–H and O–H groups in total. The fourth-order valence-corrected chi connectivity index (χ4v) is 3.60. The number of carbonyl (C=O) groups is 2. The van der Waals surface area contributed by atoms with Crippen molar-refractivity contribution in [2.24, 2.45) is 5.92 Å². The predicted octanol–water partition coefficient (Wildman–Crippen LogP) is 1.54. The quantitative estimate of drug-likeness (QED) is 0.469. The molecule has 0 aliphatic heterocycles. The van der Waals surface area contributed by atoms with E-state index in [1.54, 1.807) is 6.08 Å². The molecule has 1 amide bonds. The number of nitrogens with one attached hydrogen (secondary N) is 1. The number of aliphatic hydroxyl groups is 2. The molecular weight excluding hydrogens is 429 g/mol. The van der Waals surface area contributed by atoms with Crippen LogP contribution < -0.4 is 10.4 Å². The summed E-state index contributed by atoms with van der Waals surface area (Å²) in [6.45, 7) is 4.42. The Bertz CT molecular complexity index is 1010. The molecule has 0 radical (unpaired) electrons. The minimum atomic E-state index is -1.41. The molecule has 1 saturated carbocycles. The Kier molecular flexibility index (Phi) is 7.99. The number of aliphatic carboxylic acids is 1. The molecule has 2 aromatic rings. The molecule has 33 heavy (non-hydrogen) atoms. The largest absolute Gasteiger partial charge is 0.550 e. The van der Waals surface area contributed by atoms with Gasteiger partial charge in [-0.2, -0.15) is 5.10 Å². The summed E-state index contributed by atoms with van der Waals surface area (Å²) in [4.78, 5) is 23.6. The van der Waals surface area contributed by atoms with Gasteiger partial charge in [-0.25, -0.2) is 9.07 Å². The van der Waals surface area contributed by atoms with Gasteiger partial charge < -0.3 is 25.4 Å². The van der Waals surface area contributed by atoms with Crippen molar-refractivity contribution in [3.63, 3.8) is 0 Å². The maximum absolute atomic E-state index is 13.5. The monoisotopic (exact) mass is 458 g/mol. The number of aliphatic hydroxyl groups excluding tert-OH is 2. The van der Waals surface area contributed by atoms with E-state index in [9.17, 15) is 29.3 Å². The van der Waals surface area contributed by atoms with E-state index in [1.807, 2.05) is 13.8 Å². The third kappa shape index (κ3) is 6.72. The maximum Gasteiger partial charge on any atom is 0.272 e. The lowest BCUT2D eigenvalue weighted by molar-refractivity contribution is -0.307. The zero-order valence-electron chi connectivity index (χ0n) is 18.7. The van der Waals surface area contributed by atoms with Gasteiger partial charge in [0.05, 0.1) is 23.6 Å². The van der Waals surface area contributed by atoms with E-state index in [0.29, 0.717) is 29.4 Å². The summed E-state index contributed by atoms with van der Waals surface area (Å²) in [7, 11) is 0. The van der Waals surface area contributed by atoms with E-state index < -0.39 is 30.4 Å². The average Bonchev–Trinajstić information content (AvgIpc) is 3.48. The van der Waals surface area contributed by atoms with E-state index in [2.05, 4.69) is 10.4 Å². The second-order valence-electron chi connectivity index (χ2n) is 8.74. The molecule has 1 aromatic carbocycles. The first-order chi connectivity index (χ1) is 15.7. The minimum absolute atomic E-state index is 0.0960. The lowest BCUT2D eigenvalue weighted by Crippen LogP contribution is -2.29. The van der Waals surface area contributed by atoms with Crippen LogP contribution in [0.5, 0.6) is 0 Å². The molecule has 1 heterocycles. The second-order valence-corrected chi connectivity index (χ2v) is 8.74. The first-order valence-corrected chi connectivity index (χ1v) is 11.1. The van der Waals surface area contributed by atoms with Gasteiger partial charge in [0.15, 0.2) is 5.69 Å². The van der Waals surface area contributed by atoms with E-state index in [1.165, 1.54) is 35.0 Å². The van der Waals surface area contributed by atoms with Crippen molar-refractivity contribution in [1.29, 1.82) is 0 Å². The summed E-state index contributed by atoms with van der Waals surface area (Å²) < 4.78 is 15.0. The van der Waals surface area contributed by atoms with E-state index in [0.717, 1.165) is 12.8 Å². The van der Waals surface area contributed by atoms with Crippen molar-refractivity contribution >= 4 is 18.0 Å². The van der Waals surface area contributed by atoms with E-state index in [-0.39, 0.29) is 23.9 Å². The van der Waals surface area contributed by atoms with E-state index >= 15 is 0 Å². The number of carboxylic acid groups (broad SMARTS) is 1. The summed E-state index contributed by atoms with van der Waals surface area (Å²) in [5.41, 5.74) is 1.97. The van der Waals surface area contributed by atoms with Crippen LogP contribution in [0.3, 0.4) is 0 Å². The first kappa shape index (κ1) is 24.6. The number of benzene rings is 1. The van der Waals surface area contributed by atoms with Crippen LogP contribution in [0, 0.1) is 11.7 Å². The number of halogens is 1. The van der Waals surface area contributed by atoms with Crippen molar-refractivity contribution in [3.05, 3.63) is 53.1 Å². The number of hydrogen-bond donors (Lipinski definition) is 3. The molecule has 1 aliphatic carbocycles. The molecule has 9 heteroatoms. The van der Waals surface area contributed by atoms with Gasteiger partial charge in [-0.3, -0.25) is 4.79 Å². The van der Waals surface area contributed by atoms with Crippen LogP contribution >= 0.6 is 0 Å². The highest BCUT2D eigenvalue weighted by Gasteiger charge is 2.27. The molecule has 3 rings (SSSR count). The van der Waals surface area contributed by atoms with Crippen molar-refractivity contribution < 1.29 is 29.3 Å². The van der Waals surface area contributed by atoms with Gasteiger partial charge in [-0.15, -0.1) is 0 Å². The van der Waals surface area contributed by atoms with Gasteiger partial charge in [-0.1, -0.05) is 19.9 Å². The third-order valence-corrected chi connectivity index (χ3v) is 5.46. The normalized spacial score (nSPS) is 15.7. The molecule has 0 saturated heterocycles. The highest BCUT2D eigenvalue weighted by atomic mass is 19.1. The first-order valence-electron chi connectivity index (χ1n) is 11.1. The van der Waals surface area contributed by atoms with Crippen molar-refractivity contribution in [2.45, 2.75) is 57.7 Å². The lowest BCUT2D eigenvalue weighted by Gasteiger charge is -2.14. The molecule has 0 bridgehead atoms. The fraction of sp³-hybridized carbons (Fsp3) is 0.458. The highest BCUT2D eigenvalue weighted by Crippen LogP contribution is 2.30. The number of carbonyl (C=O) groups excluding carboxylic acids is 2. The number of carboxylic acids is 1. The zero-order valence-corrected chi connectivity index (χ0v) is 18.7. The Morgan fingerprint density at radius 1 is 1.27 bits per heavy atom. The topological polar surface area (TPSA) is 128 Å². The number of amides is 1. The van der Waals surface area contributed by atoms with Crippen molar-refractivity contribution in [1.82, 2.24) is 15.1 Å². The lowest BCUT2D eigenvalue weighted by atomic mass is 9.98. The minimum Gasteiger partial charge on any atom is -0.550 e. The molecule has 1 aromatic heterocycles. The Morgan fingerprint density at radius 3 is 2.52 bits per heavy atom. The van der Waals surface area contributed by atoms with Gasteiger partial charge in [0.2, 0.25) is 0 Å². The van der Waals surface area contributed by atoms with Crippen LogP contribution in [0.1, 0.15) is 67.2 Å². The predicted molar refractivity (Wildman–Crippen MR) is 118 cm³/mol. The molecule has 0 spiro atoms. The van der Waals surface area contributed by atoms with E-state index in [4.69, 9.17) is 0 Å². The highest BCUT2D eigenvalue weighted by molar-refractivity contribution is 5.95. The van der Waals surface area contributed by atoms with Gasteiger partial charge in [0.1, 0.15) is 5.82 Å². The van der Waals surface area contributed by atoms with Crippen LogP contribution in [0.15, 0.2) is 30.3 Å². The van der Waals surface area contributed by atoms with Gasteiger partial charge in [0, 0.05) is 30.9 Å². The molecule has 8 nitrogen and oxygen atoms in total. The van der Waals surface area contributed by atoms with Crippen LogP contribution in [-0.2, 0) is 4.79 Å². The summed E-state index contributed by atoms with van der Waals surface area (Å²) >= 11 is 0. The average molecular weight is 459 g/mol. The van der Waals surface area contributed by atoms with Gasteiger partial charge in [-0.05, 0) is 55.0 Å². The Morgan fingerprint density at radius 2 is 1.94 bits per heavy atom. The van der Waals surface area contributed by atoms with Crippen molar-refractivity contribution in [2.75, 3.05) is 6.54 Å². The molecule has 0 unspecified atom stereocenters.